The van der Waals surface area contributed by atoms with E-state index in [0.717, 1.165) is 4.88 Å². The second-order valence-corrected chi connectivity index (χ2v) is 4.90. The molecule has 1 aromatic carbocycles. The molecule has 0 atom stereocenters. The van der Waals surface area contributed by atoms with Gasteiger partial charge in [0.25, 0.3) is 0 Å². The number of benzene rings is 1. The Balaban J connectivity index is 2.35. The molecule has 0 aliphatic rings. The number of halogens is 2. The summed E-state index contributed by atoms with van der Waals surface area (Å²) in [4.78, 5) is 13.7. The summed E-state index contributed by atoms with van der Waals surface area (Å²) >= 11 is 1.33. The fourth-order valence-corrected chi connectivity index (χ4v) is 2.36. The van der Waals surface area contributed by atoms with Crippen molar-refractivity contribution < 1.29 is 18.3 Å². The summed E-state index contributed by atoms with van der Waals surface area (Å²) in [5.74, 6) is -0.395. The van der Waals surface area contributed by atoms with Crippen molar-refractivity contribution in [3.63, 3.8) is 0 Å². The van der Waals surface area contributed by atoms with Gasteiger partial charge in [-0.3, -0.25) is 4.79 Å². The summed E-state index contributed by atoms with van der Waals surface area (Å²) in [6, 6.07) is 9.51. The average Bonchev–Trinajstić information content (AvgIpc) is 2.75. The highest BCUT2D eigenvalue weighted by Gasteiger charge is 2.17. The molecule has 0 N–H and O–H groups in total. The predicted octanol–water partition coefficient (Wildman–Crippen LogP) is 3.89. The van der Waals surface area contributed by atoms with Crippen LogP contribution in [-0.4, -0.2) is 12.4 Å². The summed E-state index contributed by atoms with van der Waals surface area (Å²) in [7, 11) is 0. The molecule has 2 rings (SSSR count). The molecule has 0 unspecified atom stereocenters. The van der Waals surface area contributed by atoms with E-state index in [9.17, 15) is 13.6 Å². The zero-order valence-corrected chi connectivity index (χ0v) is 10.3. The van der Waals surface area contributed by atoms with Gasteiger partial charge in [-0.25, -0.2) is 0 Å². The number of para-hydroxylation sites is 1. The van der Waals surface area contributed by atoms with Gasteiger partial charge in [-0.2, -0.15) is 8.78 Å². The van der Waals surface area contributed by atoms with Crippen molar-refractivity contribution >= 4 is 17.1 Å². The minimum Gasteiger partial charge on any atom is -0.434 e. The number of carbonyl (C=O) groups is 1. The van der Waals surface area contributed by atoms with Gasteiger partial charge >= 0.3 is 6.61 Å². The third-order valence-electron chi connectivity index (χ3n) is 2.31. The SMILES string of the molecule is Cc1ccc(C(=O)c2ccccc2OC(F)F)s1. The lowest BCUT2D eigenvalue weighted by Crippen LogP contribution is -2.07. The second-order valence-electron chi connectivity index (χ2n) is 3.61. The standard InChI is InChI=1S/C13H10F2O2S/c1-8-6-7-11(18-8)12(16)9-4-2-3-5-10(9)17-13(14)15/h2-7,13H,1H3. The van der Waals surface area contributed by atoms with Crippen LogP contribution in [0.2, 0.25) is 0 Å². The van der Waals surface area contributed by atoms with Gasteiger partial charge in [0.05, 0.1) is 10.4 Å². The summed E-state index contributed by atoms with van der Waals surface area (Å²) < 4.78 is 28.8. The van der Waals surface area contributed by atoms with Gasteiger partial charge in [-0.05, 0) is 31.2 Å². The molecule has 94 valence electrons. The monoisotopic (exact) mass is 268 g/mol. The van der Waals surface area contributed by atoms with Crippen molar-refractivity contribution in [1.29, 1.82) is 0 Å². The lowest BCUT2D eigenvalue weighted by atomic mass is 10.1. The summed E-state index contributed by atoms with van der Waals surface area (Å²) in [5.41, 5.74) is 0.152. The van der Waals surface area contributed by atoms with Crippen molar-refractivity contribution in [2.24, 2.45) is 0 Å². The van der Waals surface area contributed by atoms with E-state index in [0.29, 0.717) is 4.88 Å². The Morgan fingerprint density at radius 1 is 1.22 bits per heavy atom. The molecule has 0 aliphatic carbocycles. The van der Waals surface area contributed by atoms with E-state index >= 15 is 0 Å². The number of thiophene rings is 1. The first-order chi connectivity index (χ1) is 8.58. The third-order valence-corrected chi connectivity index (χ3v) is 3.31. The van der Waals surface area contributed by atoms with E-state index in [-0.39, 0.29) is 17.1 Å². The zero-order valence-electron chi connectivity index (χ0n) is 9.52. The number of hydrogen-bond acceptors (Lipinski definition) is 3. The van der Waals surface area contributed by atoms with Crippen LogP contribution in [0.5, 0.6) is 5.75 Å². The maximum absolute atomic E-state index is 12.2. The van der Waals surface area contributed by atoms with Crippen molar-refractivity contribution in [2.75, 3.05) is 0 Å². The van der Waals surface area contributed by atoms with Crippen molar-refractivity contribution in [3.05, 3.63) is 51.7 Å². The van der Waals surface area contributed by atoms with E-state index in [1.807, 2.05) is 13.0 Å². The Kier molecular flexibility index (Phi) is 3.72. The topological polar surface area (TPSA) is 26.3 Å². The van der Waals surface area contributed by atoms with Crippen molar-refractivity contribution in [1.82, 2.24) is 0 Å². The van der Waals surface area contributed by atoms with Gasteiger partial charge in [0.1, 0.15) is 5.75 Å². The fraction of sp³-hybridized carbons (Fsp3) is 0.154. The lowest BCUT2D eigenvalue weighted by molar-refractivity contribution is -0.0501. The Hall–Kier alpha value is -1.75. The Morgan fingerprint density at radius 3 is 2.56 bits per heavy atom. The summed E-state index contributed by atoms with van der Waals surface area (Å²) in [5, 5.41) is 0. The lowest BCUT2D eigenvalue weighted by Gasteiger charge is -2.08. The molecule has 0 aliphatic heterocycles. The number of hydrogen-bond donors (Lipinski definition) is 0. The van der Waals surface area contributed by atoms with E-state index in [1.54, 1.807) is 18.2 Å². The van der Waals surface area contributed by atoms with E-state index in [4.69, 9.17) is 0 Å². The van der Waals surface area contributed by atoms with Gasteiger partial charge in [-0.1, -0.05) is 12.1 Å². The summed E-state index contributed by atoms with van der Waals surface area (Å²) in [6.45, 7) is -1.06. The van der Waals surface area contributed by atoms with Crippen LogP contribution in [0.25, 0.3) is 0 Å². The van der Waals surface area contributed by atoms with Crippen LogP contribution in [0.3, 0.4) is 0 Å². The third kappa shape index (κ3) is 2.73. The Morgan fingerprint density at radius 2 is 1.94 bits per heavy atom. The van der Waals surface area contributed by atoms with Crippen molar-refractivity contribution in [3.8, 4) is 5.75 Å². The molecular weight excluding hydrogens is 258 g/mol. The van der Waals surface area contributed by atoms with Crippen LogP contribution in [0.15, 0.2) is 36.4 Å². The molecule has 2 aromatic rings. The number of carbonyl (C=O) groups excluding carboxylic acids is 1. The Labute approximate surface area is 107 Å². The quantitative estimate of drug-likeness (QED) is 0.786. The minimum absolute atomic E-state index is 0.0939. The first-order valence-electron chi connectivity index (χ1n) is 5.23. The molecular formula is C13H10F2O2S. The second kappa shape index (κ2) is 5.27. The van der Waals surface area contributed by atoms with E-state index in [1.165, 1.54) is 23.5 Å². The minimum atomic E-state index is -2.94. The largest absolute Gasteiger partial charge is 0.434 e. The molecule has 5 heteroatoms. The first kappa shape index (κ1) is 12.7. The normalized spacial score (nSPS) is 10.7. The van der Waals surface area contributed by atoms with Gasteiger partial charge in [0.15, 0.2) is 0 Å². The van der Waals surface area contributed by atoms with E-state index < -0.39 is 6.61 Å². The zero-order chi connectivity index (χ0) is 13.1. The highest BCUT2D eigenvalue weighted by molar-refractivity contribution is 7.14. The average molecular weight is 268 g/mol. The molecule has 1 aromatic heterocycles. The number of ketones is 1. The van der Waals surface area contributed by atoms with Crippen LogP contribution in [0, 0.1) is 6.92 Å². The number of ether oxygens (including phenoxy) is 1. The maximum Gasteiger partial charge on any atom is 0.387 e. The molecule has 0 radical (unpaired) electrons. The molecule has 18 heavy (non-hydrogen) atoms. The maximum atomic E-state index is 12.2. The van der Waals surface area contributed by atoms with Crippen LogP contribution in [0.4, 0.5) is 8.78 Å². The molecule has 2 nitrogen and oxygen atoms in total. The van der Waals surface area contributed by atoms with Crippen molar-refractivity contribution in [2.45, 2.75) is 13.5 Å². The smallest absolute Gasteiger partial charge is 0.387 e. The molecule has 0 bridgehead atoms. The van der Waals surface area contributed by atoms with Crippen LogP contribution in [0.1, 0.15) is 20.1 Å². The predicted molar refractivity (Wildman–Crippen MR) is 65.6 cm³/mol. The van der Waals surface area contributed by atoms with Gasteiger partial charge in [0.2, 0.25) is 5.78 Å². The number of aryl methyl sites for hydroxylation is 1. The first-order valence-corrected chi connectivity index (χ1v) is 6.04. The molecule has 0 saturated heterocycles. The molecule has 0 saturated carbocycles. The van der Waals surface area contributed by atoms with Gasteiger partial charge in [-0.15, -0.1) is 11.3 Å². The fourth-order valence-electron chi connectivity index (χ4n) is 1.54. The number of rotatable bonds is 4. The molecule has 0 spiro atoms. The number of alkyl halides is 2. The highest BCUT2D eigenvalue weighted by Crippen LogP contribution is 2.26. The van der Waals surface area contributed by atoms with Crippen LogP contribution >= 0.6 is 11.3 Å². The van der Waals surface area contributed by atoms with E-state index in [2.05, 4.69) is 4.74 Å². The molecule has 1 heterocycles. The molecule has 0 amide bonds. The Bertz CT molecular complexity index is 564. The van der Waals surface area contributed by atoms with Gasteiger partial charge in [0, 0.05) is 4.88 Å². The summed E-state index contributed by atoms with van der Waals surface area (Å²) in [6.07, 6.45) is 0. The van der Waals surface area contributed by atoms with Crippen LogP contribution in [-0.2, 0) is 0 Å². The molecule has 0 fully saturated rings. The highest BCUT2D eigenvalue weighted by atomic mass is 32.1. The van der Waals surface area contributed by atoms with Gasteiger partial charge < -0.3 is 4.74 Å². The van der Waals surface area contributed by atoms with Crippen LogP contribution < -0.4 is 4.74 Å².